The highest BCUT2D eigenvalue weighted by molar-refractivity contribution is 5.46. The molecule has 0 amide bonds. The Kier molecular flexibility index (Phi) is 8.38. The first-order chi connectivity index (χ1) is 16.8. The first kappa shape index (κ1) is 26.3. The lowest BCUT2D eigenvalue weighted by Gasteiger charge is -2.40. The van der Waals surface area contributed by atoms with Gasteiger partial charge in [-0.25, -0.2) is 0 Å². The Balaban J connectivity index is 0.000000179. The first-order valence-electron chi connectivity index (χ1n) is 13.7. The standard InChI is InChI=1S/C18H28N2O.C13H19N/c1-13-4-7-17(18(21)8-10-20(3)11-9-18)16-12-14(19-2)5-6-15(13)16;1-9-4-5-10(2)13-8-11(14-3)6-7-12(9)13/h4,7,14,19,21H,5-6,8-12H2,1-3H3;4-5,11,14H,6-8H2,1-3H3. The van der Waals surface area contributed by atoms with Crippen LogP contribution in [0.1, 0.15) is 70.2 Å². The van der Waals surface area contributed by atoms with Crippen LogP contribution in [0.3, 0.4) is 0 Å². The van der Waals surface area contributed by atoms with Crippen LogP contribution in [0.2, 0.25) is 0 Å². The minimum Gasteiger partial charge on any atom is -0.385 e. The van der Waals surface area contributed by atoms with E-state index in [1.165, 1.54) is 59.1 Å². The van der Waals surface area contributed by atoms with E-state index in [-0.39, 0.29) is 0 Å². The monoisotopic (exact) mass is 477 g/mol. The number of fused-ring (bicyclic) bond motifs is 2. The molecular weight excluding hydrogens is 430 g/mol. The summed E-state index contributed by atoms with van der Waals surface area (Å²) in [7, 11) is 6.26. The van der Waals surface area contributed by atoms with Gasteiger partial charge in [-0.05, 0) is 138 Å². The van der Waals surface area contributed by atoms with Crippen molar-refractivity contribution in [3.63, 3.8) is 0 Å². The van der Waals surface area contributed by atoms with E-state index in [9.17, 15) is 5.11 Å². The van der Waals surface area contributed by atoms with E-state index in [0.29, 0.717) is 12.1 Å². The van der Waals surface area contributed by atoms with Gasteiger partial charge in [0.1, 0.15) is 0 Å². The van der Waals surface area contributed by atoms with Gasteiger partial charge in [-0.2, -0.15) is 0 Å². The number of likely N-dealkylation sites (tertiary alicyclic amines) is 1. The van der Waals surface area contributed by atoms with Gasteiger partial charge >= 0.3 is 0 Å². The molecule has 3 N–H and O–H groups in total. The molecule has 0 spiro atoms. The van der Waals surface area contributed by atoms with Crippen molar-refractivity contribution in [3.8, 4) is 0 Å². The SMILES string of the molecule is CNC1CCc2c(C)ccc(C)c2C1.CNC1CCc2c(C)ccc(C3(O)CCN(C)CC3)c2C1. The third-order valence-corrected chi connectivity index (χ3v) is 9.08. The molecule has 0 aromatic heterocycles. The predicted octanol–water partition coefficient (Wildman–Crippen LogP) is 4.37. The van der Waals surface area contributed by atoms with Crippen LogP contribution in [-0.4, -0.2) is 56.3 Å². The second kappa shape index (κ2) is 11.1. The van der Waals surface area contributed by atoms with E-state index in [1.54, 1.807) is 11.1 Å². The third-order valence-electron chi connectivity index (χ3n) is 9.08. The van der Waals surface area contributed by atoms with Gasteiger partial charge in [0.05, 0.1) is 5.60 Å². The molecule has 4 nitrogen and oxygen atoms in total. The maximum atomic E-state index is 11.2. The molecule has 0 radical (unpaired) electrons. The summed E-state index contributed by atoms with van der Waals surface area (Å²) in [5.41, 5.74) is 11.0. The van der Waals surface area contributed by atoms with Gasteiger partial charge in [-0.1, -0.05) is 24.3 Å². The maximum Gasteiger partial charge on any atom is 0.0923 e. The van der Waals surface area contributed by atoms with E-state index in [1.807, 2.05) is 0 Å². The van der Waals surface area contributed by atoms with Crippen LogP contribution >= 0.6 is 0 Å². The summed E-state index contributed by atoms with van der Waals surface area (Å²) in [6, 6.07) is 10.2. The van der Waals surface area contributed by atoms with Crippen LogP contribution in [0.5, 0.6) is 0 Å². The first-order valence-corrected chi connectivity index (χ1v) is 13.7. The normalized spacial score (nSPS) is 23.6. The Morgan fingerprint density at radius 1 is 0.743 bits per heavy atom. The highest BCUT2D eigenvalue weighted by atomic mass is 16.3. The Morgan fingerprint density at radius 3 is 1.74 bits per heavy atom. The highest BCUT2D eigenvalue weighted by Gasteiger charge is 2.36. The van der Waals surface area contributed by atoms with E-state index < -0.39 is 5.60 Å². The molecule has 2 atom stereocenters. The van der Waals surface area contributed by atoms with Gasteiger partial charge in [0, 0.05) is 25.2 Å². The zero-order valence-corrected chi connectivity index (χ0v) is 22.9. The molecule has 1 heterocycles. The predicted molar refractivity (Wildman–Crippen MR) is 147 cm³/mol. The molecule has 35 heavy (non-hydrogen) atoms. The average Bonchev–Trinajstić information content (AvgIpc) is 2.88. The van der Waals surface area contributed by atoms with Crippen LogP contribution in [0, 0.1) is 20.8 Å². The molecule has 192 valence electrons. The Hall–Kier alpha value is -1.72. The van der Waals surface area contributed by atoms with Crippen LogP contribution in [0.25, 0.3) is 0 Å². The second-order valence-electron chi connectivity index (χ2n) is 11.3. The summed E-state index contributed by atoms with van der Waals surface area (Å²) < 4.78 is 0. The number of hydrogen-bond donors (Lipinski definition) is 3. The van der Waals surface area contributed by atoms with Crippen LogP contribution in [0.4, 0.5) is 0 Å². The van der Waals surface area contributed by atoms with E-state index in [0.717, 1.165) is 38.8 Å². The van der Waals surface area contributed by atoms with Crippen LogP contribution in [0.15, 0.2) is 24.3 Å². The van der Waals surface area contributed by atoms with Crippen molar-refractivity contribution in [2.45, 2.75) is 89.8 Å². The summed E-state index contributed by atoms with van der Waals surface area (Å²) in [6.45, 7) is 8.64. The van der Waals surface area contributed by atoms with E-state index >= 15 is 0 Å². The minimum absolute atomic E-state index is 0.549. The van der Waals surface area contributed by atoms with Crippen molar-refractivity contribution in [2.75, 3.05) is 34.2 Å². The Labute approximate surface area is 213 Å². The molecule has 0 bridgehead atoms. The fourth-order valence-electron chi connectivity index (χ4n) is 6.47. The average molecular weight is 478 g/mol. The van der Waals surface area contributed by atoms with Crippen molar-refractivity contribution < 1.29 is 5.11 Å². The second-order valence-corrected chi connectivity index (χ2v) is 11.3. The number of rotatable bonds is 3. The molecule has 1 fully saturated rings. The zero-order valence-electron chi connectivity index (χ0n) is 22.9. The third kappa shape index (κ3) is 5.67. The van der Waals surface area contributed by atoms with Crippen molar-refractivity contribution in [1.29, 1.82) is 0 Å². The zero-order chi connectivity index (χ0) is 25.2. The van der Waals surface area contributed by atoms with Gasteiger partial charge in [0.25, 0.3) is 0 Å². The van der Waals surface area contributed by atoms with Gasteiger partial charge in [-0.15, -0.1) is 0 Å². The van der Waals surface area contributed by atoms with Gasteiger partial charge in [0.15, 0.2) is 0 Å². The number of piperidine rings is 1. The summed E-state index contributed by atoms with van der Waals surface area (Å²) >= 11 is 0. The lowest BCUT2D eigenvalue weighted by Crippen LogP contribution is -2.42. The van der Waals surface area contributed by atoms with Gasteiger partial charge < -0.3 is 20.6 Å². The topological polar surface area (TPSA) is 47.5 Å². The fraction of sp³-hybridized carbons (Fsp3) is 0.613. The molecular formula is C31H47N3O. The van der Waals surface area contributed by atoms with Crippen molar-refractivity contribution >= 4 is 0 Å². The molecule has 1 saturated heterocycles. The number of nitrogens with zero attached hydrogens (tertiary/aromatic N) is 1. The maximum absolute atomic E-state index is 11.2. The largest absolute Gasteiger partial charge is 0.385 e. The summed E-state index contributed by atoms with van der Waals surface area (Å²) in [5, 5.41) is 18.0. The summed E-state index contributed by atoms with van der Waals surface area (Å²) in [6.07, 6.45) is 8.83. The lowest BCUT2D eigenvalue weighted by molar-refractivity contribution is -0.0212. The molecule has 2 aromatic rings. The number of nitrogens with one attached hydrogen (secondary N) is 2. The number of benzene rings is 2. The van der Waals surface area contributed by atoms with E-state index in [4.69, 9.17) is 0 Å². The quantitative estimate of drug-likeness (QED) is 0.615. The van der Waals surface area contributed by atoms with Crippen molar-refractivity contribution in [2.24, 2.45) is 0 Å². The van der Waals surface area contributed by atoms with Crippen LogP contribution < -0.4 is 10.6 Å². The Morgan fingerprint density at radius 2 is 1.20 bits per heavy atom. The number of hydrogen-bond acceptors (Lipinski definition) is 4. The van der Waals surface area contributed by atoms with Crippen molar-refractivity contribution in [1.82, 2.24) is 15.5 Å². The number of aliphatic hydroxyl groups is 1. The molecule has 2 aromatic carbocycles. The molecule has 3 aliphatic rings. The molecule has 0 saturated carbocycles. The molecule has 2 unspecified atom stereocenters. The minimum atomic E-state index is -0.625. The fourth-order valence-corrected chi connectivity index (χ4v) is 6.47. The molecule has 2 aliphatic carbocycles. The van der Waals surface area contributed by atoms with E-state index in [2.05, 4.69) is 81.7 Å². The number of aryl methyl sites for hydroxylation is 3. The van der Waals surface area contributed by atoms with Crippen LogP contribution in [-0.2, 0) is 31.3 Å². The smallest absolute Gasteiger partial charge is 0.0923 e. The highest BCUT2D eigenvalue weighted by Crippen LogP contribution is 2.39. The van der Waals surface area contributed by atoms with Gasteiger partial charge in [-0.3, -0.25) is 0 Å². The van der Waals surface area contributed by atoms with Gasteiger partial charge in [0.2, 0.25) is 0 Å². The Bertz CT molecular complexity index is 1020. The molecule has 4 heteroatoms. The lowest BCUT2D eigenvalue weighted by atomic mass is 9.75. The molecule has 1 aliphatic heterocycles. The molecule has 5 rings (SSSR count). The summed E-state index contributed by atoms with van der Waals surface area (Å²) in [5.74, 6) is 0. The summed E-state index contributed by atoms with van der Waals surface area (Å²) in [4.78, 5) is 2.31. The number of likely N-dealkylation sites (N-methyl/N-ethyl adjacent to an activating group) is 2. The van der Waals surface area contributed by atoms with Crippen molar-refractivity contribution in [3.05, 3.63) is 68.8 Å².